The lowest BCUT2D eigenvalue weighted by atomic mass is 10.1. The van der Waals surface area contributed by atoms with Crippen LogP contribution in [0, 0.1) is 10.1 Å². The molecular weight excluding hydrogens is 326 g/mol. The Hall–Kier alpha value is -2.51. The summed E-state index contributed by atoms with van der Waals surface area (Å²) in [5.74, 6) is 0.227. The number of carbonyl (C=O) groups excluding carboxylic acids is 1. The lowest BCUT2D eigenvalue weighted by Gasteiger charge is -2.41. The van der Waals surface area contributed by atoms with Crippen molar-refractivity contribution in [1.29, 1.82) is 0 Å². The van der Waals surface area contributed by atoms with Crippen molar-refractivity contribution < 1.29 is 19.2 Å². The van der Waals surface area contributed by atoms with Crippen LogP contribution in [0.1, 0.15) is 27.7 Å². The molecular formula is C17H25N3O5. The highest BCUT2D eigenvalue weighted by Crippen LogP contribution is 2.32. The fraction of sp³-hybridized carbons (Fsp3) is 0.588. The molecule has 25 heavy (non-hydrogen) atoms. The van der Waals surface area contributed by atoms with E-state index in [-0.39, 0.29) is 23.6 Å². The van der Waals surface area contributed by atoms with Crippen LogP contribution in [0.2, 0.25) is 0 Å². The van der Waals surface area contributed by atoms with Gasteiger partial charge in [0.25, 0.3) is 0 Å². The SMILES string of the molecule is COc1cc(N2CCN(C(=O)OC(C)(C)C)[C@@H](C)C2)ccc1[N+](=O)[O-]. The molecule has 0 aromatic heterocycles. The Bertz CT molecular complexity index is 656. The van der Waals surface area contributed by atoms with Gasteiger partial charge in [-0.3, -0.25) is 10.1 Å². The number of hydrogen-bond donors (Lipinski definition) is 0. The minimum Gasteiger partial charge on any atom is -0.490 e. The zero-order chi connectivity index (χ0) is 18.8. The van der Waals surface area contributed by atoms with Crippen molar-refractivity contribution in [2.75, 3.05) is 31.6 Å². The third-order valence-electron chi connectivity index (χ3n) is 3.98. The van der Waals surface area contributed by atoms with Crippen LogP contribution in [-0.2, 0) is 4.74 Å². The average molecular weight is 351 g/mol. The summed E-state index contributed by atoms with van der Waals surface area (Å²) in [7, 11) is 1.41. The van der Waals surface area contributed by atoms with Gasteiger partial charge in [-0.2, -0.15) is 0 Å². The highest BCUT2D eigenvalue weighted by Gasteiger charge is 2.31. The minimum absolute atomic E-state index is 0.0372. The number of nitro benzene ring substituents is 1. The van der Waals surface area contributed by atoms with Crippen molar-refractivity contribution in [3.05, 3.63) is 28.3 Å². The molecule has 8 heteroatoms. The number of ether oxygens (including phenoxy) is 2. The van der Waals surface area contributed by atoms with Gasteiger partial charge in [-0.25, -0.2) is 4.79 Å². The van der Waals surface area contributed by atoms with E-state index in [0.717, 1.165) is 5.69 Å². The first-order valence-electron chi connectivity index (χ1n) is 8.19. The second-order valence-corrected chi connectivity index (χ2v) is 7.08. The minimum atomic E-state index is -0.528. The third kappa shape index (κ3) is 4.52. The Labute approximate surface area is 147 Å². The lowest BCUT2D eigenvalue weighted by Crippen LogP contribution is -2.55. The number of piperazine rings is 1. The molecule has 1 amide bonds. The Morgan fingerprint density at radius 3 is 2.52 bits per heavy atom. The van der Waals surface area contributed by atoms with Crippen LogP contribution >= 0.6 is 0 Å². The maximum absolute atomic E-state index is 12.3. The molecule has 0 radical (unpaired) electrons. The molecule has 1 aliphatic rings. The number of benzene rings is 1. The standard InChI is InChI=1S/C17H25N3O5/c1-12-11-18(8-9-19(12)16(21)25-17(2,3)4)13-6-7-14(20(22)23)15(10-13)24-5/h6-7,10,12H,8-9,11H2,1-5H3/t12-/m0/s1. The molecule has 138 valence electrons. The summed E-state index contributed by atoms with van der Waals surface area (Å²) in [4.78, 5) is 26.6. The predicted molar refractivity (Wildman–Crippen MR) is 94.3 cm³/mol. The number of nitro groups is 1. The highest BCUT2D eigenvalue weighted by atomic mass is 16.6. The van der Waals surface area contributed by atoms with Crippen molar-refractivity contribution in [3.8, 4) is 5.75 Å². The molecule has 8 nitrogen and oxygen atoms in total. The summed E-state index contributed by atoms with van der Waals surface area (Å²) in [6.45, 7) is 9.23. The number of nitrogens with zero attached hydrogens (tertiary/aromatic N) is 3. The van der Waals surface area contributed by atoms with E-state index in [1.165, 1.54) is 13.2 Å². The first kappa shape index (κ1) is 18.8. The van der Waals surface area contributed by atoms with Gasteiger partial charge in [-0.15, -0.1) is 0 Å². The third-order valence-corrected chi connectivity index (χ3v) is 3.98. The van der Waals surface area contributed by atoms with Gasteiger partial charge in [-0.05, 0) is 33.8 Å². The fourth-order valence-corrected chi connectivity index (χ4v) is 2.80. The molecule has 1 atom stereocenters. The van der Waals surface area contributed by atoms with E-state index < -0.39 is 10.5 Å². The number of methoxy groups -OCH3 is 1. The molecule has 1 aromatic rings. The van der Waals surface area contributed by atoms with Crippen LogP contribution in [0.25, 0.3) is 0 Å². The molecule has 1 aliphatic heterocycles. The van der Waals surface area contributed by atoms with E-state index in [2.05, 4.69) is 4.90 Å². The van der Waals surface area contributed by atoms with Gasteiger partial charge < -0.3 is 19.3 Å². The van der Waals surface area contributed by atoms with E-state index in [0.29, 0.717) is 19.6 Å². The van der Waals surface area contributed by atoms with Crippen LogP contribution in [0.3, 0.4) is 0 Å². The highest BCUT2D eigenvalue weighted by molar-refractivity contribution is 5.69. The lowest BCUT2D eigenvalue weighted by molar-refractivity contribution is -0.385. The normalized spacial score (nSPS) is 18.0. The Morgan fingerprint density at radius 2 is 2.00 bits per heavy atom. The zero-order valence-electron chi connectivity index (χ0n) is 15.3. The zero-order valence-corrected chi connectivity index (χ0v) is 15.3. The topological polar surface area (TPSA) is 85.2 Å². The molecule has 1 fully saturated rings. The van der Waals surface area contributed by atoms with Gasteiger partial charge >= 0.3 is 11.8 Å². The van der Waals surface area contributed by atoms with E-state index in [9.17, 15) is 14.9 Å². The van der Waals surface area contributed by atoms with E-state index >= 15 is 0 Å². The first-order valence-corrected chi connectivity index (χ1v) is 8.19. The quantitative estimate of drug-likeness (QED) is 0.615. The van der Waals surface area contributed by atoms with Gasteiger partial charge in [0.2, 0.25) is 0 Å². The molecule has 1 aromatic carbocycles. The van der Waals surface area contributed by atoms with Crippen LogP contribution < -0.4 is 9.64 Å². The number of amides is 1. The summed E-state index contributed by atoms with van der Waals surface area (Å²) in [6, 6.07) is 4.77. The summed E-state index contributed by atoms with van der Waals surface area (Å²) in [5.41, 5.74) is 0.240. The Balaban J connectivity index is 2.10. The van der Waals surface area contributed by atoms with Gasteiger partial charge in [0.15, 0.2) is 5.75 Å². The van der Waals surface area contributed by atoms with Crippen molar-refractivity contribution in [1.82, 2.24) is 4.90 Å². The molecule has 0 saturated carbocycles. The van der Waals surface area contributed by atoms with Gasteiger partial charge in [-0.1, -0.05) is 0 Å². The van der Waals surface area contributed by atoms with Crippen LogP contribution in [-0.4, -0.2) is 54.3 Å². The van der Waals surface area contributed by atoms with Crippen molar-refractivity contribution in [2.45, 2.75) is 39.3 Å². The number of rotatable bonds is 3. The largest absolute Gasteiger partial charge is 0.490 e. The first-order chi connectivity index (χ1) is 11.6. The summed E-state index contributed by atoms with van der Waals surface area (Å²) >= 11 is 0. The van der Waals surface area contributed by atoms with Crippen molar-refractivity contribution in [2.24, 2.45) is 0 Å². The molecule has 0 N–H and O–H groups in total. The Kier molecular flexibility index (Phi) is 5.39. The smallest absolute Gasteiger partial charge is 0.410 e. The van der Waals surface area contributed by atoms with Crippen LogP contribution in [0.15, 0.2) is 18.2 Å². The van der Waals surface area contributed by atoms with Crippen LogP contribution in [0.5, 0.6) is 5.75 Å². The van der Waals surface area contributed by atoms with Gasteiger partial charge in [0.05, 0.1) is 12.0 Å². The second-order valence-electron chi connectivity index (χ2n) is 7.08. The number of carbonyl (C=O) groups is 1. The number of hydrogen-bond acceptors (Lipinski definition) is 6. The van der Waals surface area contributed by atoms with Crippen molar-refractivity contribution >= 4 is 17.5 Å². The molecule has 1 saturated heterocycles. The maximum Gasteiger partial charge on any atom is 0.410 e. The predicted octanol–water partition coefficient (Wildman–Crippen LogP) is 3.05. The van der Waals surface area contributed by atoms with Crippen molar-refractivity contribution in [3.63, 3.8) is 0 Å². The number of anilines is 1. The fourth-order valence-electron chi connectivity index (χ4n) is 2.80. The molecule has 0 bridgehead atoms. The van der Waals surface area contributed by atoms with E-state index in [1.54, 1.807) is 17.0 Å². The van der Waals surface area contributed by atoms with Crippen LogP contribution in [0.4, 0.5) is 16.2 Å². The average Bonchev–Trinajstić information content (AvgIpc) is 2.52. The summed E-state index contributed by atoms with van der Waals surface area (Å²) in [6.07, 6.45) is -0.319. The maximum atomic E-state index is 12.3. The van der Waals surface area contributed by atoms with E-state index in [1.807, 2.05) is 27.7 Å². The summed E-state index contributed by atoms with van der Waals surface area (Å²) in [5, 5.41) is 11.0. The van der Waals surface area contributed by atoms with Gasteiger partial charge in [0, 0.05) is 43.5 Å². The molecule has 2 rings (SSSR count). The summed E-state index contributed by atoms with van der Waals surface area (Å²) < 4.78 is 10.6. The molecule has 0 unspecified atom stereocenters. The molecule has 1 heterocycles. The molecule has 0 aliphatic carbocycles. The Morgan fingerprint density at radius 1 is 1.32 bits per heavy atom. The van der Waals surface area contributed by atoms with Gasteiger partial charge in [0.1, 0.15) is 5.60 Å². The molecule has 0 spiro atoms. The second kappa shape index (κ2) is 7.16. The van der Waals surface area contributed by atoms with E-state index in [4.69, 9.17) is 9.47 Å². The monoisotopic (exact) mass is 351 g/mol.